The third-order valence-electron chi connectivity index (χ3n) is 4.86. The molecule has 8 heteroatoms. The van der Waals surface area contributed by atoms with Gasteiger partial charge in [0.05, 0.1) is 12.2 Å². The van der Waals surface area contributed by atoms with E-state index in [9.17, 15) is 4.39 Å². The lowest BCUT2D eigenvalue weighted by atomic mass is 9.97. The molecule has 0 aliphatic heterocycles. The molecular weight excluding hydrogens is 345 g/mol. The molecule has 4 heterocycles. The number of imidazole rings is 1. The van der Waals surface area contributed by atoms with Crippen molar-refractivity contribution in [3.8, 4) is 11.3 Å². The maximum absolute atomic E-state index is 14.7. The van der Waals surface area contributed by atoms with Crippen LogP contribution in [-0.4, -0.2) is 41.8 Å². The minimum atomic E-state index is -1.24. The third kappa shape index (κ3) is 3.34. The van der Waals surface area contributed by atoms with Crippen LogP contribution in [0.3, 0.4) is 0 Å². The van der Waals surface area contributed by atoms with Gasteiger partial charge in [0.1, 0.15) is 11.3 Å². The Labute approximate surface area is 156 Å². The fourth-order valence-electron chi connectivity index (χ4n) is 3.24. The summed E-state index contributed by atoms with van der Waals surface area (Å²) in [5.74, 6) is 0.417. The topological polar surface area (TPSA) is 83.8 Å². The summed E-state index contributed by atoms with van der Waals surface area (Å²) in [4.78, 5) is 16.2. The minimum absolute atomic E-state index is 0.204. The van der Waals surface area contributed by atoms with E-state index in [0.29, 0.717) is 24.4 Å². The normalized spacial score (nSPS) is 13.9. The second-order valence-corrected chi connectivity index (χ2v) is 6.71. The van der Waals surface area contributed by atoms with Gasteiger partial charge in [0, 0.05) is 35.7 Å². The van der Waals surface area contributed by atoms with Gasteiger partial charge < -0.3 is 10.3 Å². The van der Waals surface area contributed by atoms with Crippen molar-refractivity contribution in [3.05, 3.63) is 36.9 Å². The number of nitrogens with zero attached hydrogens (tertiary/aromatic N) is 5. The van der Waals surface area contributed by atoms with Crippen molar-refractivity contribution in [1.29, 1.82) is 0 Å². The number of hydrogen-bond acceptors (Lipinski definition) is 5. The largest absolute Gasteiger partial charge is 0.351 e. The van der Waals surface area contributed by atoms with E-state index < -0.39 is 5.67 Å². The molecule has 1 atom stereocenters. The van der Waals surface area contributed by atoms with E-state index in [1.165, 1.54) is 0 Å². The molecule has 0 bridgehead atoms. The zero-order valence-electron chi connectivity index (χ0n) is 15.4. The smallest absolute Gasteiger partial charge is 0.224 e. The molecule has 0 saturated carbocycles. The highest BCUT2D eigenvalue weighted by atomic mass is 19.1. The van der Waals surface area contributed by atoms with E-state index in [1.54, 1.807) is 23.1 Å². The summed E-state index contributed by atoms with van der Waals surface area (Å²) in [5.41, 5.74) is 1.95. The highest BCUT2D eigenvalue weighted by Crippen LogP contribution is 2.27. The summed E-state index contributed by atoms with van der Waals surface area (Å²) >= 11 is 0. The molecule has 0 aliphatic carbocycles. The van der Waals surface area contributed by atoms with Crippen LogP contribution in [0.1, 0.15) is 33.1 Å². The first-order chi connectivity index (χ1) is 13.1. The van der Waals surface area contributed by atoms with E-state index in [1.807, 2.05) is 32.2 Å². The molecular formula is C19H22FN7. The lowest BCUT2D eigenvalue weighted by Crippen LogP contribution is -2.31. The Morgan fingerprint density at radius 3 is 2.96 bits per heavy atom. The summed E-state index contributed by atoms with van der Waals surface area (Å²) in [6.07, 6.45) is 8.90. The predicted molar refractivity (Wildman–Crippen MR) is 103 cm³/mol. The van der Waals surface area contributed by atoms with Gasteiger partial charge in [0.15, 0.2) is 5.65 Å². The van der Waals surface area contributed by atoms with Crippen molar-refractivity contribution in [1.82, 2.24) is 29.5 Å². The summed E-state index contributed by atoms with van der Waals surface area (Å²) in [7, 11) is 0. The van der Waals surface area contributed by atoms with Crippen LogP contribution in [-0.2, 0) is 0 Å². The number of rotatable bonds is 7. The van der Waals surface area contributed by atoms with E-state index in [-0.39, 0.29) is 6.54 Å². The molecule has 27 heavy (non-hydrogen) atoms. The molecule has 0 saturated heterocycles. The van der Waals surface area contributed by atoms with Crippen molar-refractivity contribution in [2.45, 2.75) is 38.8 Å². The molecule has 4 aromatic rings. The van der Waals surface area contributed by atoms with Gasteiger partial charge in [-0.25, -0.2) is 18.9 Å². The standard InChI is InChI=1S/C19H22FN7/c1-3-7-19(20,4-2)12-24-18-23-11-14-13(10-22-17(14)25-18)15-5-6-16-21-8-9-27(16)26-15/h5-6,8-11H,3-4,7,12H2,1-2H3,(H2,22,23,24,25). The second kappa shape index (κ2) is 6.94. The molecule has 7 nitrogen and oxygen atoms in total. The van der Waals surface area contributed by atoms with E-state index in [4.69, 9.17) is 0 Å². The molecule has 2 N–H and O–H groups in total. The summed E-state index contributed by atoms with van der Waals surface area (Å²) in [6, 6.07) is 3.83. The van der Waals surface area contributed by atoms with Crippen molar-refractivity contribution >= 4 is 22.6 Å². The zero-order valence-corrected chi connectivity index (χ0v) is 15.4. The Bertz CT molecular complexity index is 1070. The van der Waals surface area contributed by atoms with Crippen molar-refractivity contribution in [3.63, 3.8) is 0 Å². The van der Waals surface area contributed by atoms with Gasteiger partial charge in [-0.1, -0.05) is 20.3 Å². The highest BCUT2D eigenvalue weighted by Gasteiger charge is 2.26. The Hall–Kier alpha value is -3.03. The van der Waals surface area contributed by atoms with E-state index in [0.717, 1.165) is 28.7 Å². The number of alkyl halides is 1. The lowest BCUT2D eigenvalue weighted by Gasteiger charge is -2.23. The first-order valence-corrected chi connectivity index (χ1v) is 9.19. The van der Waals surface area contributed by atoms with Crippen LogP contribution in [0.5, 0.6) is 0 Å². The molecule has 0 radical (unpaired) electrons. The number of hydrogen-bond donors (Lipinski definition) is 2. The third-order valence-corrected chi connectivity index (χ3v) is 4.86. The second-order valence-electron chi connectivity index (χ2n) is 6.71. The predicted octanol–water partition coefficient (Wildman–Crippen LogP) is 4.00. The zero-order chi connectivity index (χ0) is 18.9. The maximum atomic E-state index is 14.7. The molecule has 4 rings (SSSR count). The van der Waals surface area contributed by atoms with Gasteiger partial charge in [-0.2, -0.15) is 10.1 Å². The van der Waals surface area contributed by atoms with Crippen LogP contribution in [0.4, 0.5) is 10.3 Å². The highest BCUT2D eigenvalue weighted by molar-refractivity contribution is 5.92. The molecule has 0 spiro atoms. The van der Waals surface area contributed by atoms with Crippen molar-refractivity contribution in [2.24, 2.45) is 0 Å². The maximum Gasteiger partial charge on any atom is 0.224 e. The van der Waals surface area contributed by atoms with Crippen LogP contribution in [0.25, 0.3) is 27.9 Å². The summed E-state index contributed by atoms with van der Waals surface area (Å²) < 4.78 is 16.4. The van der Waals surface area contributed by atoms with Crippen LogP contribution in [0, 0.1) is 0 Å². The number of H-pyrrole nitrogens is 1. The fourth-order valence-corrected chi connectivity index (χ4v) is 3.24. The molecule has 0 amide bonds. The van der Waals surface area contributed by atoms with Gasteiger partial charge in [-0.05, 0) is 25.0 Å². The van der Waals surface area contributed by atoms with Gasteiger partial charge in [-0.3, -0.25) is 0 Å². The molecule has 4 aromatic heterocycles. The van der Waals surface area contributed by atoms with Gasteiger partial charge >= 0.3 is 0 Å². The monoisotopic (exact) mass is 367 g/mol. The van der Waals surface area contributed by atoms with Gasteiger partial charge in [0.2, 0.25) is 5.95 Å². The fraction of sp³-hybridized carbons (Fsp3) is 0.368. The molecule has 0 aromatic carbocycles. The number of nitrogens with one attached hydrogen (secondary N) is 2. The van der Waals surface area contributed by atoms with E-state index >= 15 is 0 Å². The molecule has 0 aliphatic rings. The lowest BCUT2D eigenvalue weighted by molar-refractivity contribution is 0.158. The summed E-state index contributed by atoms with van der Waals surface area (Å²) in [5, 5.41) is 8.47. The first-order valence-electron chi connectivity index (χ1n) is 9.19. The molecule has 140 valence electrons. The number of anilines is 1. The van der Waals surface area contributed by atoms with Crippen molar-refractivity contribution < 1.29 is 4.39 Å². The number of halogens is 1. The van der Waals surface area contributed by atoms with E-state index in [2.05, 4.69) is 30.4 Å². The quantitative estimate of drug-likeness (QED) is 0.516. The van der Waals surface area contributed by atoms with Gasteiger partial charge in [0.25, 0.3) is 0 Å². The molecule has 0 fully saturated rings. The van der Waals surface area contributed by atoms with Crippen LogP contribution in [0.2, 0.25) is 0 Å². The average molecular weight is 367 g/mol. The minimum Gasteiger partial charge on any atom is -0.351 e. The summed E-state index contributed by atoms with van der Waals surface area (Å²) in [6.45, 7) is 4.06. The van der Waals surface area contributed by atoms with Crippen LogP contribution >= 0.6 is 0 Å². The molecule has 1 unspecified atom stereocenters. The van der Waals surface area contributed by atoms with Crippen LogP contribution in [0.15, 0.2) is 36.9 Å². The van der Waals surface area contributed by atoms with Gasteiger partial charge in [-0.15, -0.1) is 0 Å². The Morgan fingerprint density at radius 1 is 1.26 bits per heavy atom. The number of fused-ring (bicyclic) bond motifs is 2. The number of aromatic nitrogens is 6. The number of aromatic amines is 1. The Balaban J connectivity index is 1.59. The van der Waals surface area contributed by atoms with Crippen molar-refractivity contribution in [2.75, 3.05) is 11.9 Å². The first kappa shape index (κ1) is 17.4. The SMILES string of the molecule is CCCC(F)(CC)CNc1ncc2c(-c3ccc4nccn4n3)c[nH]c2n1. The Kier molecular flexibility index (Phi) is 4.47. The van der Waals surface area contributed by atoms with Crippen LogP contribution < -0.4 is 5.32 Å². The Morgan fingerprint density at radius 2 is 2.15 bits per heavy atom. The average Bonchev–Trinajstić information content (AvgIpc) is 3.32.